The summed E-state index contributed by atoms with van der Waals surface area (Å²) >= 11 is 0. The molecule has 0 aromatic carbocycles. The summed E-state index contributed by atoms with van der Waals surface area (Å²) in [6.45, 7) is 6.82. The van der Waals surface area contributed by atoms with Gasteiger partial charge in [-0.05, 0) is 18.2 Å². The van der Waals surface area contributed by atoms with E-state index in [4.69, 9.17) is 9.47 Å². The van der Waals surface area contributed by atoms with Crippen LogP contribution in [0.4, 0.5) is 14.6 Å². The van der Waals surface area contributed by atoms with E-state index in [1.807, 2.05) is 0 Å². The van der Waals surface area contributed by atoms with Crippen LogP contribution in [-0.2, 0) is 16.5 Å². The number of aryl methyl sites for hydroxylation is 1. The SMILES string of the molecule is C=NNC=NCCN(/C(C(=C)F)=C(F)/C(=C\COC)OC)c1ccc2ncc(-c3cnn(C)c3)nc2n1. The number of ether oxygens (including phenoxy) is 2. The highest BCUT2D eigenvalue weighted by atomic mass is 19.1. The van der Waals surface area contributed by atoms with E-state index in [-0.39, 0.29) is 36.9 Å². The number of fused-ring (bicyclic) bond motifs is 1. The van der Waals surface area contributed by atoms with Gasteiger partial charge in [0.1, 0.15) is 29.2 Å². The van der Waals surface area contributed by atoms with Crippen LogP contribution in [-0.4, -0.2) is 71.7 Å². The summed E-state index contributed by atoms with van der Waals surface area (Å²) in [5.74, 6) is -2.05. The number of nitrogens with zero attached hydrogens (tertiary/aromatic N) is 8. The molecule has 3 aromatic rings. The number of aliphatic imine (C=N–C) groups is 1. The van der Waals surface area contributed by atoms with Gasteiger partial charge in [0.25, 0.3) is 0 Å². The molecule has 11 nitrogen and oxygen atoms in total. The monoisotopic (exact) mass is 511 g/mol. The summed E-state index contributed by atoms with van der Waals surface area (Å²) < 4.78 is 42.2. The molecular weight excluding hydrogens is 484 g/mol. The Morgan fingerprint density at radius 3 is 2.70 bits per heavy atom. The summed E-state index contributed by atoms with van der Waals surface area (Å²) in [4.78, 5) is 18.9. The number of hydrazone groups is 1. The smallest absolute Gasteiger partial charge is 0.191 e. The number of nitrogens with one attached hydrogen (secondary N) is 1. The Hall–Kier alpha value is -4.52. The third-order valence-corrected chi connectivity index (χ3v) is 4.97. The standard InChI is InChI=1S/C24H27F2N9O2/c1-16(25)23(22(26)20(37-5)8-11-36-4)35(10-9-28-15-30-27-2)21-7-6-18-24(33-21)32-19(13-29-18)17-12-31-34(3)14-17/h6-8,12-15H,1-2,9-11H2,3-5H3,(H,28,30)/b20-8+,23-22-. The van der Waals surface area contributed by atoms with E-state index in [9.17, 15) is 4.39 Å². The van der Waals surface area contributed by atoms with Gasteiger partial charge >= 0.3 is 0 Å². The third kappa shape index (κ3) is 6.79. The topological polar surface area (TPSA) is 115 Å². The van der Waals surface area contributed by atoms with Gasteiger partial charge in [-0.3, -0.25) is 20.1 Å². The summed E-state index contributed by atoms with van der Waals surface area (Å²) in [7, 11) is 4.50. The fourth-order valence-electron chi connectivity index (χ4n) is 3.30. The molecule has 0 unspecified atom stereocenters. The van der Waals surface area contributed by atoms with Crippen LogP contribution >= 0.6 is 0 Å². The average Bonchev–Trinajstić information content (AvgIpc) is 3.33. The molecule has 0 spiro atoms. The fourth-order valence-corrected chi connectivity index (χ4v) is 3.30. The van der Waals surface area contributed by atoms with Crippen LogP contribution in [0.1, 0.15) is 0 Å². The van der Waals surface area contributed by atoms with Crippen LogP contribution in [0.5, 0.6) is 0 Å². The Morgan fingerprint density at radius 1 is 1.24 bits per heavy atom. The molecule has 13 heteroatoms. The first-order chi connectivity index (χ1) is 17.9. The number of halogens is 2. The van der Waals surface area contributed by atoms with Crippen LogP contribution in [0.2, 0.25) is 0 Å². The Morgan fingerprint density at radius 2 is 2.05 bits per heavy atom. The largest absolute Gasteiger partial charge is 0.494 e. The molecule has 37 heavy (non-hydrogen) atoms. The number of aromatic nitrogens is 5. The van der Waals surface area contributed by atoms with Crippen molar-refractivity contribution in [2.75, 3.05) is 38.8 Å². The third-order valence-electron chi connectivity index (χ3n) is 4.97. The van der Waals surface area contributed by atoms with E-state index in [1.54, 1.807) is 42.5 Å². The normalized spacial score (nSPS) is 12.5. The molecule has 0 atom stereocenters. The van der Waals surface area contributed by atoms with Crippen LogP contribution in [0.15, 0.2) is 76.6 Å². The van der Waals surface area contributed by atoms with Crippen molar-refractivity contribution in [2.24, 2.45) is 17.1 Å². The van der Waals surface area contributed by atoms with Gasteiger partial charge in [0.2, 0.25) is 0 Å². The summed E-state index contributed by atoms with van der Waals surface area (Å²) in [5.41, 5.74) is 4.07. The quantitative estimate of drug-likeness (QED) is 0.122. The minimum absolute atomic E-state index is 0.0243. The van der Waals surface area contributed by atoms with Crippen LogP contribution in [0.25, 0.3) is 22.4 Å². The van der Waals surface area contributed by atoms with Gasteiger partial charge in [0.15, 0.2) is 17.2 Å². The lowest BCUT2D eigenvalue weighted by molar-refractivity contribution is 0.222. The maximum atomic E-state index is 15.6. The lowest BCUT2D eigenvalue weighted by Crippen LogP contribution is -2.28. The van der Waals surface area contributed by atoms with Crippen molar-refractivity contribution in [3.05, 3.63) is 66.5 Å². The number of rotatable bonds is 13. The molecule has 0 bridgehead atoms. The molecule has 0 aliphatic carbocycles. The molecule has 0 radical (unpaired) electrons. The Balaban J connectivity index is 2.12. The van der Waals surface area contributed by atoms with Gasteiger partial charge in [0.05, 0.1) is 38.3 Å². The van der Waals surface area contributed by atoms with Crippen molar-refractivity contribution >= 4 is 30.0 Å². The first kappa shape index (κ1) is 27.1. The van der Waals surface area contributed by atoms with Crippen LogP contribution in [0, 0.1) is 0 Å². The number of pyridine rings is 1. The second kappa shape index (κ2) is 13.0. The van der Waals surface area contributed by atoms with E-state index >= 15 is 4.39 Å². The molecule has 3 heterocycles. The molecule has 3 rings (SSSR count). The molecule has 1 N–H and O–H groups in total. The summed E-state index contributed by atoms with van der Waals surface area (Å²) in [6, 6.07) is 3.24. The van der Waals surface area contributed by atoms with Crippen LogP contribution < -0.4 is 10.3 Å². The number of anilines is 1. The second-order valence-corrected chi connectivity index (χ2v) is 7.44. The van der Waals surface area contributed by atoms with Crippen molar-refractivity contribution in [3.63, 3.8) is 0 Å². The highest BCUT2D eigenvalue weighted by Gasteiger charge is 2.24. The predicted molar refractivity (Wildman–Crippen MR) is 138 cm³/mol. The first-order valence-corrected chi connectivity index (χ1v) is 11.0. The van der Waals surface area contributed by atoms with Gasteiger partial charge < -0.3 is 14.4 Å². The minimum Gasteiger partial charge on any atom is -0.494 e. The first-order valence-electron chi connectivity index (χ1n) is 11.0. The zero-order chi connectivity index (χ0) is 26.8. The van der Waals surface area contributed by atoms with Gasteiger partial charge in [-0.25, -0.2) is 18.7 Å². The lowest BCUT2D eigenvalue weighted by atomic mass is 10.2. The van der Waals surface area contributed by atoms with Gasteiger partial charge in [-0.1, -0.05) is 6.58 Å². The maximum absolute atomic E-state index is 15.6. The van der Waals surface area contributed by atoms with Crippen LogP contribution in [0.3, 0.4) is 0 Å². The van der Waals surface area contributed by atoms with Gasteiger partial charge in [-0.15, -0.1) is 0 Å². The molecule has 0 amide bonds. The van der Waals surface area contributed by atoms with Crippen molar-refractivity contribution < 1.29 is 18.3 Å². The number of methoxy groups -OCH3 is 2. The molecule has 0 aliphatic rings. The Bertz CT molecular complexity index is 1350. The number of allylic oxidation sites excluding steroid dienone is 2. The highest BCUT2D eigenvalue weighted by molar-refractivity contribution is 5.76. The van der Waals surface area contributed by atoms with Crippen molar-refractivity contribution in [1.82, 2.24) is 30.2 Å². The average molecular weight is 512 g/mol. The Kier molecular flexibility index (Phi) is 9.49. The fraction of sp³-hybridized carbons (Fsp3) is 0.250. The van der Waals surface area contributed by atoms with Crippen molar-refractivity contribution in [3.8, 4) is 11.3 Å². The summed E-state index contributed by atoms with van der Waals surface area (Å²) in [6.07, 6.45) is 7.70. The predicted octanol–water partition coefficient (Wildman–Crippen LogP) is 3.31. The molecule has 194 valence electrons. The molecule has 0 saturated carbocycles. The molecular formula is C24H27F2N9O2. The van der Waals surface area contributed by atoms with E-state index in [0.29, 0.717) is 11.2 Å². The van der Waals surface area contributed by atoms with Crippen molar-refractivity contribution in [2.45, 2.75) is 0 Å². The van der Waals surface area contributed by atoms with E-state index < -0.39 is 17.4 Å². The van der Waals surface area contributed by atoms with Gasteiger partial charge in [0, 0.05) is 39.2 Å². The summed E-state index contributed by atoms with van der Waals surface area (Å²) in [5, 5.41) is 7.61. The second-order valence-electron chi connectivity index (χ2n) is 7.44. The molecule has 3 aromatic heterocycles. The lowest BCUT2D eigenvalue weighted by Gasteiger charge is -2.26. The number of hydrogen-bond acceptors (Lipinski definition) is 9. The van der Waals surface area contributed by atoms with E-state index in [2.05, 4.69) is 48.9 Å². The zero-order valence-electron chi connectivity index (χ0n) is 20.7. The van der Waals surface area contributed by atoms with Gasteiger partial charge in [-0.2, -0.15) is 10.2 Å². The highest BCUT2D eigenvalue weighted by Crippen LogP contribution is 2.30. The molecule has 0 saturated heterocycles. The zero-order valence-corrected chi connectivity index (χ0v) is 20.7. The minimum atomic E-state index is -1.04. The Labute approximate surface area is 212 Å². The van der Waals surface area contributed by atoms with E-state index in [1.165, 1.54) is 31.5 Å². The molecule has 0 aliphatic heterocycles. The maximum Gasteiger partial charge on any atom is 0.191 e. The molecule has 0 fully saturated rings. The van der Waals surface area contributed by atoms with Crippen molar-refractivity contribution in [1.29, 1.82) is 0 Å². The number of hydrogen-bond donors (Lipinski definition) is 1. The van der Waals surface area contributed by atoms with E-state index in [0.717, 1.165) is 5.56 Å².